The van der Waals surface area contributed by atoms with Crippen LogP contribution in [0.1, 0.15) is 11.7 Å². The van der Waals surface area contributed by atoms with Crippen molar-refractivity contribution in [1.29, 1.82) is 0 Å². The Morgan fingerprint density at radius 1 is 1.00 bits per heavy atom. The Morgan fingerprint density at radius 2 is 1.63 bits per heavy atom. The minimum absolute atomic E-state index is 0.170. The zero-order chi connectivity index (χ0) is 13.7. The molecule has 0 amide bonds. The Morgan fingerprint density at radius 3 is 2.21 bits per heavy atom. The minimum Gasteiger partial charge on any atom is -0.508 e. The molecule has 2 N–H and O–H groups in total. The molecule has 0 aliphatic rings. The lowest BCUT2D eigenvalue weighted by Gasteiger charge is -2.18. The largest absolute Gasteiger partial charge is 0.508 e. The maximum absolute atomic E-state index is 10.3. The molecule has 0 saturated carbocycles. The number of rotatable bonds is 4. The number of aliphatic hydroxyl groups excluding tert-OH is 1. The first-order valence-corrected chi connectivity index (χ1v) is 6.73. The van der Waals surface area contributed by atoms with Crippen LogP contribution in [0.3, 0.4) is 0 Å². The molecule has 2 nitrogen and oxygen atoms in total. The van der Waals surface area contributed by atoms with E-state index >= 15 is 0 Å². The highest BCUT2D eigenvalue weighted by atomic mass is 32.2. The van der Waals surface area contributed by atoms with Crippen molar-refractivity contribution in [2.75, 3.05) is 0 Å². The standard InChI is InChI=1S/C16H14O2S/c1-2-15(19-14-6-4-3-5-7-14)16(18)12-8-10-13(17)11-9-12/h1,3-11,15-18H/t15?,16-/m1/s1. The van der Waals surface area contributed by atoms with Gasteiger partial charge in [0.1, 0.15) is 17.1 Å². The van der Waals surface area contributed by atoms with Crippen molar-refractivity contribution in [3.05, 3.63) is 60.2 Å². The van der Waals surface area contributed by atoms with Gasteiger partial charge in [-0.15, -0.1) is 18.2 Å². The number of aromatic hydroxyl groups is 1. The number of hydrogen-bond donors (Lipinski definition) is 2. The zero-order valence-electron chi connectivity index (χ0n) is 10.2. The number of hydrogen-bond acceptors (Lipinski definition) is 3. The van der Waals surface area contributed by atoms with Crippen molar-refractivity contribution in [1.82, 2.24) is 0 Å². The van der Waals surface area contributed by atoms with Gasteiger partial charge in [-0.25, -0.2) is 0 Å². The van der Waals surface area contributed by atoms with Crippen molar-refractivity contribution in [2.45, 2.75) is 16.2 Å². The highest BCUT2D eigenvalue weighted by Gasteiger charge is 2.19. The maximum atomic E-state index is 10.3. The third kappa shape index (κ3) is 3.54. The lowest BCUT2D eigenvalue weighted by Crippen LogP contribution is -2.12. The van der Waals surface area contributed by atoms with E-state index in [0.29, 0.717) is 5.56 Å². The smallest absolute Gasteiger partial charge is 0.115 e. The van der Waals surface area contributed by atoms with E-state index in [4.69, 9.17) is 6.42 Å². The molecule has 0 heterocycles. The predicted molar refractivity (Wildman–Crippen MR) is 78.0 cm³/mol. The van der Waals surface area contributed by atoms with Crippen molar-refractivity contribution in [2.24, 2.45) is 0 Å². The molecule has 96 valence electrons. The second kappa shape index (κ2) is 6.33. The fourth-order valence-electron chi connectivity index (χ4n) is 1.68. The van der Waals surface area contributed by atoms with Gasteiger partial charge in [0.2, 0.25) is 0 Å². The number of thioether (sulfide) groups is 1. The third-order valence-electron chi connectivity index (χ3n) is 2.69. The molecule has 0 aliphatic carbocycles. The molecule has 2 rings (SSSR count). The summed E-state index contributed by atoms with van der Waals surface area (Å²) in [6.07, 6.45) is 4.74. The van der Waals surface area contributed by atoms with Crippen molar-refractivity contribution < 1.29 is 10.2 Å². The quantitative estimate of drug-likeness (QED) is 0.662. The fourth-order valence-corrected chi connectivity index (χ4v) is 2.64. The van der Waals surface area contributed by atoms with Gasteiger partial charge in [-0.05, 0) is 29.8 Å². The zero-order valence-corrected chi connectivity index (χ0v) is 11.0. The van der Waals surface area contributed by atoms with Gasteiger partial charge < -0.3 is 10.2 Å². The van der Waals surface area contributed by atoms with Gasteiger partial charge in [0, 0.05) is 4.90 Å². The van der Waals surface area contributed by atoms with Crippen molar-refractivity contribution in [3.8, 4) is 18.1 Å². The molecule has 19 heavy (non-hydrogen) atoms. The van der Waals surface area contributed by atoms with E-state index in [1.54, 1.807) is 24.3 Å². The minimum atomic E-state index is -0.768. The lowest BCUT2D eigenvalue weighted by molar-refractivity contribution is 0.189. The van der Waals surface area contributed by atoms with Crippen LogP contribution in [-0.4, -0.2) is 15.5 Å². The SMILES string of the molecule is C#CC(Sc1ccccc1)[C@H](O)c1ccc(O)cc1. The number of phenolic OH excluding ortho intramolecular Hbond substituents is 1. The number of phenols is 1. The highest BCUT2D eigenvalue weighted by Crippen LogP contribution is 2.32. The molecule has 2 aromatic rings. The van der Waals surface area contributed by atoms with Gasteiger partial charge in [0.25, 0.3) is 0 Å². The molecule has 3 heteroatoms. The maximum Gasteiger partial charge on any atom is 0.115 e. The highest BCUT2D eigenvalue weighted by molar-refractivity contribution is 8.00. The van der Waals surface area contributed by atoms with E-state index in [0.717, 1.165) is 4.90 Å². The second-order valence-electron chi connectivity index (χ2n) is 4.05. The number of terminal acetylenes is 1. The van der Waals surface area contributed by atoms with E-state index in [9.17, 15) is 10.2 Å². The van der Waals surface area contributed by atoms with E-state index < -0.39 is 6.10 Å². The Labute approximate surface area is 117 Å². The number of benzene rings is 2. The van der Waals surface area contributed by atoms with Crippen molar-refractivity contribution in [3.63, 3.8) is 0 Å². The summed E-state index contributed by atoms with van der Waals surface area (Å²) in [7, 11) is 0. The van der Waals surface area contributed by atoms with Crippen LogP contribution in [0.15, 0.2) is 59.5 Å². The van der Waals surface area contributed by atoms with Crippen LogP contribution in [0.25, 0.3) is 0 Å². The van der Waals surface area contributed by atoms with Crippen LogP contribution in [0.4, 0.5) is 0 Å². The first kappa shape index (κ1) is 13.5. The average molecular weight is 270 g/mol. The molecule has 1 unspecified atom stereocenters. The second-order valence-corrected chi connectivity index (χ2v) is 5.27. The molecule has 0 aromatic heterocycles. The fraction of sp³-hybridized carbons (Fsp3) is 0.125. The molecule has 0 fully saturated rings. The summed E-state index contributed by atoms with van der Waals surface area (Å²) < 4.78 is 0. The van der Waals surface area contributed by atoms with E-state index in [-0.39, 0.29) is 11.0 Å². The molecule has 0 aliphatic heterocycles. The number of aliphatic hydroxyl groups is 1. The Kier molecular flexibility index (Phi) is 4.51. The van der Waals surface area contributed by atoms with Crippen LogP contribution in [0.2, 0.25) is 0 Å². The van der Waals surface area contributed by atoms with Gasteiger partial charge in [-0.3, -0.25) is 0 Å². The summed E-state index contributed by atoms with van der Waals surface area (Å²) in [5.74, 6) is 2.78. The Balaban J connectivity index is 2.14. The van der Waals surface area contributed by atoms with Gasteiger partial charge in [-0.1, -0.05) is 36.3 Å². The van der Waals surface area contributed by atoms with E-state index in [1.807, 2.05) is 30.3 Å². The summed E-state index contributed by atoms with van der Waals surface area (Å²) >= 11 is 1.45. The van der Waals surface area contributed by atoms with Crippen LogP contribution >= 0.6 is 11.8 Å². The molecular weight excluding hydrogens is 256 g/mol. The normalized spacial score (nSPS) is 13.5. The summed E-state index contributed by atoms with van der Waals surface area (Å²) in [4.78, 5) is 1.02. The molecular formula is C16H14O2S. The van der Waals surface area contributed by atoms with Gasteiger partial charge in [0.05, 0.1) is 0 Å². The topological polar surface area (TPSA) is 40.5 Å². The average Bonchev–Trinajstić information content (AvgIpc) is 2.46. The third-order valence-corrected chi connectivity index (χ3v) is 3.88. The molecule has 2 aromatic carbocycles. The summed E-state index contributed by atoms with van der Waals surface area (Å²) in [6.45, 7) is 0. The first-order valence-electron chi connectivity index (χ1n) is 5.85. The molecule has 0 bridgehead atoms. The Hall–Kier alpha value is -1.89. The molecule has 0 saturated heterocycles. The van der Waals surface area contributed by atoms with Gasteiger partial charge >= 0.3 is 0 Å². The van der Waals surface area contributed by atoms with E-state index in [2.05, 4.69) is 5.92 Å². The predicted octanol–water partition coefficient (Wildman–Crippen LogP) is 3.22. The van der Waals surface area contributed by atoms with Crippen LogP contribution in [0, 0.1) is 12.3 Å². The van der Waals surface area contributed by atoms with E-state index in [1.165, 1.54) is 11.8 Å². The lowest BCUT2D eigenvalue weighted by atomic mass is 10.1. The van der Waals surface area contributed by atoms with Crippen LogP contribution < -0.4 is 0 Å². The van der Waals surface area contributed by atoms with Gasteiger partial charge in [-0.2, -0.15) is 0 Å². The van der Waals surface area contributed by atoms with Crippen LogP contribution in [0.5, 0.6) is 5.75 Å². The molecule has 0 spiro atoms. The summed E-state index contributed by atoms with van der Waals surface area (Å²) in [5, 5.41) is 19.2. The van der Waals surface area contributed by atoms with Crippen LogP contribution in [-0.2, 0) is 0 Å². The molecule has 0 radical (unpaired) electrons. The molecule has 2 atom stereocenters. The monoisotopic (exact) mass is 270 g/mol. The summed E-state index contributed by atoms with van der Waals surface area (Å²) in [5.41, 5.74) is 0.698. The van der Waals surface area contributed by atoms with Crippen molar-refractivity contribution >= 4 is 11.8 Å². The Bertz CT molecular complexity index is 558. The summed E-state index contributed by atoms with van der Waals surface area (Å²) in [6, 6.07) is 16.2. The first-order chi connectivity index (χ1) is 9.20. The van der Waals surface area contributed by atoms with Gasteiger partial charge in [0.15, 0.2) is 0 Å².